The first kappa shape index (κ1) is 13.5. The summed E-state index contributed by atoms with van der Waals surface area (Å²) < 4.78 is 56.9. The fourth-order valence-electron chi connectivity index (χ4n) is 1.03. The van der Waals surface area contributed by atoms with Gasteiger partial charge in [0, 0.05) is 5.56 Å². The molecular weight excluding hydrogens is 240 g/mol. The Morgan fingerprint density at radius 1 is 1.00 bits per heavy atom. The van der Waals surface area contributed by atoms with E-state index in [-0.39, 0.29) is 0 Å². The average molecular weight is 250 g/mol. The summed E-state index contributed by atoms with van der Waals surface area (Å²) in [6.45, 7) is 3.79. The molecule has 0 radical (unpaired) electrons. The van der Waals surface area contributed by atoms with Crippen LogP contribution < -0.4 is 4.74 Å². The van der Waals surface area contributed by atoms with Gasteiger partial charge < -0.3 is 4.74 Å². The van der Waals surface area contributed by atoms with Crippen LogP contribution in [0, 0.1) is 36.1 Å². The van der Waals surface area contributed by atoms with E-state index in [1.807, 2.05) is 0 Å². The molecule has 17 heavy (non-hydrogen) atoms. The van der Waals surface area contributed by atoms with Crippen LogP contribution in [0.3, 0.4) is 0 Å². The quantitative estimate of drug-likeness (QED) is 0.265. The Morgan fingerprint density at radius 3 is 2.00 bits per heavy atom. The molecule has 0 bridgehead atoms. The predicted molar refractivity (Wildman–Crippen MR) is 51.5 cm³/mol. The molecule has 0 amide bonds. The van der Waals surface area contributed by atoms with Crippen molar-refractivity contribution in [1.29, 1.82) is 0 Å². The van der Waals surface area contributed by atoms with Gasteiger partial charge in [0.15, 0.2) is 17.5 Å². The minimum absolute atomic E-state index is 0.651. The molecule has 1 rings (SSSR count). The summed E-state index contributed by atoms with van der Waals surface area (Å²) in [7, 11) is 0. The summed E-state index contributed by atoms with van der Waals surface area (Å²) in [6.07, 6.45) is 0. The summed E-state index contributed by atoms with van der Waals surface area (Å²) >= 11 is 0. The van der Waals surface area contributed by atoms with Crippen molar-refractivity contribution >= 4 is 5.97 Å². The highest BCUT2D eigenvalue weighted by Gasteiger charge is 2.26. The molecule has 0 aliphatic carbocycles. The van der Waals surface area contributed by atoms with Gasteiger partial charge in [-0.2, -0.15) is 4.39 Å². The zero-order valence-corrected chi connectivity index (χ0v) is 9.41. The normalized spacial score (nSPS) is 10.8. The highest BCUT2D eigenvalue weighted by Crippen LogP contribution is 2.30. The maximum Gasteiger partial charge on any atom is 0.313 e. The van der Waals surface area contributed by atoms with Crippen molar-refractivity contribution in [3.8, 4) is 5.75 Å². The summed E-state index contributed by atoms with van der Waals surface area (Å²) in [6, 6.07) is 0. The maximum atomic E-state index is 13.4. The Balaban J connectivity index is 3.30. The largest absolute Gasteiger partial charge is 0.420 e. The van der Waals surface area contributed by atoms with Crippen LogP contribution in [0.1, 0.15) is 19.4 Å². The van der Waals surface area contributed by atoms with Crippen molar-refractivity contribution in [2.75, 3.05) is 0 Å². The number of carbonyl (C=O) groups is 1. The van der Waals surface area contributed by atoms with Crippen LogP contribution in [-0.4, -0.2) is 5.97 Å². The first-order chi connectivity index (χ1) is 7.77. The highest BCUT2D eigenvalue weighted by atomic mass is 19.2. The fraction of sp³-hybridized carbons (Fsp3) is 0.364. The first-order valence-electron chi connectivity index (χ1n) is 4.81. The van der Waals surface area contributed by atoms with Gasteiger partial charge in [-0.25, -0.2) is 13.2 Å². The van der Waals surface area contributed by atoms with Gasteiger partial charge in [-0.1, -0.05) is 13.8 Å². The molecule has 0 unspecified atom stereocenters. The summed E-state index contributed by atoms with van der Waals surface area (Å²) in [4.78, 5) is 11.2. The number of carbonyl (C=O) groups excluding carboxylic acids is 1. The number of rotatable bonds is 2. The highest BCUT2D eigenvalue weighted by molar-refractivity contribution is 5.74. The number of hydrogen-bond donors (Lipinski definition) is 0. The van der Waals surface area contributed by atoms with E-state index in [0.717, 1.165) is 6.92 Å². The molecule has 0 saturated carbocycles. The number of halogens is 4. The Bertz CT molecular complexity index is 440. The average Bonchev–Trinajstić information content (AvgIpc) is 2.29. The van der Waals surface area contributed by atoms with Crippen molar-refractivity contribution in [1.82, 2.24) is 0 Å². The molecule has 0 aromatic heterocycles. The molecule has 2 nitrogen and oxygen atoms in total. The number of ether oxygens (including phenoxy) is 1. The van der Waals surface area contributed by atoms with Gasteiger partial charge in [0.25, 0.3) is 0 Å². The van der Waals surface area contributed by atoms with Gasteiger partial charge in [0.1, 0.15) is 0 Å². The topological polar surface area (TPSA) is 26.3 Å². The third-order valence-corrected chi connectivity index (χ3v) is 2.12. The Labute approximate surface area is 95.2 Å². The fourth-order valence-corrected chi connectivity index (χ4v) is 1.03. The van der Waals surface area contributed by atoms with E-state index in [1.165, 1.54) is 13.8 Å². The van der Waals surface area contributed by atoms with Crippen LogP contribution in [0.5, 0.6) is 5.75 Å². The lowest BCUT2D eigenvalue weighted by Crippen LogP contribution is -2.17. The van der Waals surface area contributed by atoms with Gasteiger partial charge in [-0.15, -0.1) is 0 Å². The van der Waals surface area contributed by atoms with E-state index in [1.54, 1.807) is 0 Å². The minimum atomic E-state index is -1.87. The van der Waals surface area contributed by atoms with Crippen LogP contribution in [0.2, 0.25) is 0 Å². The second-order valence-corrected chi connectivity index (χ2v) is 3.79. The van der Waals surface area contributed by atoms with E-state index >= 15 is 0 Å². The molecule has 0 atom stereocenters. The molecule has 6 heteroatoms. The molecule has 94 valence electrons. The molecule has 0 aliphatic heterocycles. The van der Waals surface area contributed by atoms with Crippen molar-refractivity contribution < 1.29 is 27.1 Å². The van der Waals surface area contributed by atoms with Gasteiger partial charge >= 0.3 is 5.97 Å². The van der Waals surface area contributed by atoms with Crippen LogP contribution in [0.15, 0.2) is 0 Å². The summed E-state index contributed by atoms with van der Waals surface area (Å²) in [5.74, 6) is -9.56. The Hall–Kier alpha value is -1.59. The van der Waals surface area contributed by atoms with E-state index in [2.05, 4.69) is 4.74 Å². The van der Waals surface area contributed by atoms with Gasteiger partial charge in [-0.05, 0) is 6.92 Å². The van der Waals surface area contributed by atoms with Crippen molar-refractivity contribution in [2.24, 2.45) is 5.92 Å². The summed E-state index contributed by atoms with van der Waals surface area (Å²) in [5.41, 5.74) is -0.740. The zero-order chi connectivity index (χ0) is 13.3. The Kier molecular flexibility index (Phi) is 3.75. The second kappa shape index (κ2) is 4.73. The third kappa shape index (κ3) is 2.40. The molecule has 0 spiro atoms. The predicted octanol–water partition coefficient (Wildman–Crippen LogP) is 3.11. The molecular formula is C11H10F4O2. The molecule has 0 fully saturated rings. The third-order valence-electron chi connectivity index (χ3n) is 2.12. The van der Waals surface area contributed by atoms with Crippen molar-refractivity contribution in [3.05, 3.63) is 28.8 Å². The van der Waals surface area contributed by atoms with E-state index < -0.39 is 46.5 Å². The standard InChI is InChI=1S/C11H10F4O2/c1-4(2)11(16)17-10-7(13)5(3)6(12)8(14)9(10)15/h4H,1-3H3. The van der Waals surface area contributed by atoms with Gasteiger partial charge in [-0.3, -0.25) is 4.79 Å². The first-order valence-corrected chi connectivity index (χ1v) is 4.81. The van der Waals surface area contributed by atoms with Crippen molar-refractivity contribution in [2.45, 2.75) is 20.8 Å². The minimum Gasteiger partial charge on any atom is -0.420 e. The van der Waals surface area contributed by atoms with E-state index in [4.69, 9.17) is 0 Å². The lowest BCUT2D eigenvalue weighted by Gasteiger charge is -2.11. The lowest BCUT2D eigenvalue weighted by atomic mass is 10.2. The molecule has 0 aliphatic rings. The number of hydrogen-bond acceptors (Lipinski definition) is 2. The number of benzene rings is 1. The van der Waals surface area contributed by atoms with Crippen molar-refractivity contribution in [3.63, 3.8) is 0 Å². The Morgan fingerprint density at radius 2 is 1.53 bits per heavy atom. The molecule has 1 aromatic carbocycles. The lowest BCUT2D eigenvalue weighted by molar-refractivity contribution is -0.138. The number of esters is 1. The SMILES string of the molecule is Cc1c(F)c(F)c(F)c(OC(=O)C(C)C)c1F. The van der Waals surface area contributed by atoms with Crippen LogP contribution in [-0.2, 0) is 4.79 Å². The molecule has 0 N–H and O–H groups in total. The van der Waals surface area contributed by atoms with Crippen LogP contribution in [0.25, 0.3) is 0 Å². The van der Waals surface area contributed by atoms with Crippen LogP contribution >= 0.6 is 0 Å². The zero-order valence-electron chi connectivity index (χ0n) is 9.41. The van der Waals surface area contributed by atoms with E-state index in [9.17, 15) is 22.4 Å². The molecule has 0 saturated heterocycles. The molecule has 1 aromatic rings. The maximum absolute atomic E-state index is 13.4. The summed E-state index contributed by atoms with van der Waals surface area (Å²) in [5, 5.41) is 0. The van der Waals surface area contributed by atoms with Crippen LogP contribution in [0.4, 0.5) is 17.6 Å². The van der Waals surface area contributed by atoms with E-state index in [0.29, 0.717) is 0 Å². The van der Waals surface area contributed by atoms with Gasteiger partial charge in [0.2, 0.25) is 11.6 Å². The smallest absolute Gasteiger partial charge is 0.313 e. The monoisotopic (exact) mass is 250 g/mol. The van der Waals surface area contributed by atoms with Gasteiger partial charge in [0.05, 0.1) is 5.92 Å². The second-order valence-electron chi connectivity index (χ2n) is 3.79. The molecule has 0 heterocycles.